The average molecular weight is 215 g/mol. The van der Waals surface area contributed by atoms with Crippen molar-refractivity contribution in [3.8, 4) is 0 Å². The van der Waals surface area contributed by atoms with E-state index >= 15 is 0 Å². The smallest absolute Gasteiger partial charge is 0.261 e. The van der Waals surface area contributed by atoms with Crippen molar-refractivity contribution in [2.45, 2.75) is 6.92 Å². The van der Waals surface area contributed by atoms with Gasteiger partial charge in [0.2, 0.25) is 0 Å². The van der Waals surface area contributed by atoms with Gasteiger partial charge in [0.05, 0.1) is 11.5 Å². The van der Waals surface area contributed by atoms with E-state index in [0.717, 1.165) is 11.3 Å². The molecule has 1 aromatic rings. The van der Waals surface area contributed by atoms with Crippen LogP contribution in [0.15, 0.2) is 12.6 Å². The van der Waals surface area contributed by atoms with Crippen molar-refractivity contribution < 1.29 is 13.9 Å². The van der Waals surface area contributed by atoms with Crippen LogP contribution in [0.2, 0.25) is 0 Å². The van der Waals surface area contributed by atoms with Crippen LogP contribution in [0.4, 0.5) is 4.39 Å². The summed E-state index contributed by atoms with van der Waals surface area (Å²) in [5, 5.41) is 0. The summed E-state index contributed by atoms with van der Waals surface area (Å²) >= 11 is 0.942. The van der Waals surface area contributed by atoms with Crippen LogP contribution < -0.4 is 5.73 Å². The Morgan fingerprint density at radius 3 is 2.86 bits per heavy atom. The van der Waals surface area contributed by atoms with E-state index in [9.17, 15) is 9.18 Å². The SMILES string of the molecule is C=C(OCC)c1cc(F)c(C(N)=O)s1. The van der Waals surface area contributed by atoms with E-state index in [1.54, 1.807) is 6.92 Å². The number of hydrogen-bond acceptors (Lipinski definition) is 3. The van der Waals surface area contributed by atoms with Crippen LogP contribution in [0.5, 0.6) is 0 Å². The monoisotopic (exact) mass is 215 g/mol. The Kier molecular flexibility index (Phi) is 3.24. The number of carbonyl (C=O) groups is 1. The number of primary amides is 1. The van der Waals surface area contributed by atoms with Gasteiger partial charge in [-0.15, -0.1) is 11.3 Å². The third kappa shape index (κ3) is 2.11. The quantitative estimate of drug-likeness (QED) is 0.781. The lowest BCUT2D eigenvalue weighted by atomic mass is 10.3. The fraction of sp³-hybridized carbons (Fsp3) is 0.222. The second-order valence-electron chi connectivity index (χ2n) is 2.51. The number of nitrogens with two attached hydrogens (primary N) is 1. The van der Waals surface area contributed by atoms with Gasteiger partial charge in [-0.3, -0.25) is 4.79 Å². The topological polar surface area (TPSA) is 52.3 Å². The largest absolute Gasteiger partial charge is 0.493 e. The van der Waals surface area contributed by atoms with Gasteiger partial charge in [-0.25, -0.2) is 4.39 Å². The summed E-state index contributed by atoms with van der Waals surface area (Å²) in [5.41, 5.74) is 4.96. The van der Waals surface area contributed by atoms with Crippen molar-refractivity contribution in [1.29, 1.82) is 0 Å². The standard InChI is InChI=1S/C9H10FNO2S/c1-3-13-5(2)7-4-6(10)8(14-7)9(11)12/h4H,2-3H2,1H3,(H2,11,12). The summed E-state index contributed by atoms with van der Waals surface area (Å²) in [5.74, 6) is -1.05. The summed E-state index contributed by atoms with van der Waals surface area (Å²) in [6, 6.07) is 1.20. The third-order valence-corrected chi connectivity index (χ3v) is 2.67. The van der Waals surface area contributed by atoms with Gasteiger partial charge in [0.15, 0.2) is 0 Å². The molecule has 0 atom stereocenters. The van der Waals surface area contributed by atoms with E-state index < -0.39 is 11.7 Å². The van der Waals surface area contributed by atoms with Crippen LogP contribution in [-0.4, -0.2) is 12.5 Å². The maximum absolute atomic E-state index is 13.1. The molecule has 0 spiro atoms. The van der Waals surface area contributed by atoms with E-state index in [1.165, 1.54) is 6.07 Å². The van der Waals surface area contributed by atoms with Gasteiger partial charge in [0.1, 0.15) is 16.5 Å². The van der Waals surface area contributed by atoms with Crippen molar-refractivity contribution in [2.24, 2.45) is 5.73 Å². The zero-order chi connectivity index (χ0) is 10.7. The maximum atomic E-state index is 13.1. The van der Waals surface area contributed by atoms with E-state index in [2.05, 4.69) is 6.58 Å². The number of hydrogen-bond donors (Lipinski definition) is 1. The van der Waals surface area contributed by atoms with Crippen LogP contribution in [0.3, 0.4) is 0 Å². The van der Waals surface area contributed by atoms with E-state index in [1.807, 2.05) is 0 Å². The Bertz CT molecular complexity index is 373. The molecule has 0 saturated carbocycles. The molecule has 0 aliphatic heterocycles. The Morgan fingerprint density at radius 1 is 1.79 bits per heavy atom. The van der Waals surface area contributed by atoms with Crippen molar-refractivity contribution >= 4 is 23.0 Å². The highest BCUT2D eigenvalue weighted by Crippen LogP contribution is 2.26. The highest BCUT2D eigenvalue weighted by Gasteiger charge is 2.15. The van der Waals surface area contributed by atoms with Crippen LogP contribution in [-0.2, 0) is 4.74 Å². The minimum absolute atomic E-state index is 0.0964. The molecule has 3 nitrogen and oxygen atoms in total. The Labute approximate surface area is 85.0 Å². The number of ether oxygens (including phenoxy) is 1. The zero-order valence-electron chi connectivity index (χ0n) is 7.67. The summed E-state index contributed by atoms with van der Waals surface area (Å²) in [6.45, 7) is 5.84. The molecule has 1 aromatic heterocycles. The van der Waals surface area contributed by atoms with Gasteiger partial charge in [-0.2, -0.15) is 0 Å². The average Bonchev–Trinajstić information content (AvgIpc) is 2.48. The number of rotatable bonds is 4. The predicted molar refractivity (Wildman–Crippen MR) is 53.5 cm³/mol. The van der Waals surface area contributed by atoms with Crippen molar-refractivity contribution in [2.75, 3.05) is 6.61 Å². The van der Waals surface area contributed by atoms with Gasteiger partial charge in [-0.05, 0) is 13.0 Å². The molecule has 5 heteroatoms. The molecule has 1 rings (SSSR count). The first-order valence-corrected chi connectivity index (χ1v) is 4.79. The molecule has 14 heavy (non-hydrogen) atoms. The van der Waals surface area contributed by atoms with E-state index in [4.69, 9.17) is 10.5 Å². The summed E-state index contributed by atoms with van der Waals surface area (Å²) in [6.07, 6.45) is 0. The third-order valence-electron chi connectivity index (χ3n) is 1.50. The lowest BCUT2D eigenvalue weighted by Crippen LogP contribution is -2.10. The minimum Gasteiger partial charge on any atom is -0.493 e. The number of amides is 1. The lowest BCUT2D eigenvalue weighted by Gasteiger charge is -2.02. The molecule has 1 amide bonds. The van der Waals surface area contributed by atoms with Crippen LogP contribution in [0.25, 0.3) is 5.76 Å². The normalized spacial score (nSPS) is 9.86. The predicted octanol–water partition coefficient (Wildman–Crippen LogP) is 1.99. The molecule has 0 aliphatic rings. The Morgan fingerprint density at radius 2 is 2.43 bits per heavy atom. The van der Waals surface area contributed by atoms with E-state index in [-0.39, 0.29) is 4.88 Å². The second-order valence-corrected chi connectivity index (χ2v) is 3.56. The zero-order valence-corrected chi connectivity index (χ0v) is 8.49. The molecule has 0 fully saturated rings. The first-order chi connectivity index (χ1) is 6.56. The highest BCUT2D eigenvalue weighted by molar-refractivity contribution is 7.15. The molecule has 0 bridgehead atoms. The lowest BCUT2D eigenvalue weighted by molar-refractivity contribution is 0.100. The minimum atomic E-state index is -0.775. The number of halogens is 1. The molecular formula is C9H10FNO2S. The van der Waals surface area contributed by atoms with Crippen molar-refractivity contribution in [1.82, 2.24) is 0 Å². The highest BCUT2D eigenvalue weighted by atomic mass is 32.1. The molecule has 1 heterocycles. The van der Waals surface area contributed by atoms with Gasteiger partial charge in [-0.1, -0.05) is 6.58 Å². The molecule has 0 radical (unpaired) electrons. The fourth-order valence-electron chi connectivity index (χ4n) is 0.920. The molecule has 2 N–H and O–H groups in total. The Hall–Kier alpha value is -1.36. The second kappa shape index (κ2) is 4.23. The molecule has 0 saturated heterocycles. The van der Waals surface area contributed by atoms with Gasteiger partial charge in [0.25, 0.3) is 5.91 Å². The summed E-state index contributed by atoms with van der Waals surface area (Å²) in [7, 11) is 0. The van der Waals surface area contributed by atoms with Crippen LogP contribution >= 0.6 is 11.3 Å². The van der Waals surface area contributed by atoms with Crippen molar-refractivity contribution in [3.05, 3.63) is 28.2 Å². The van der Waals surface area contributed by atoms with Gasteiger partial charge in [0, 0.05) is 0 Å². The molecular weight excluding hydrogens is 205 g/mol. The van der Waals surface area contributed by atoms with Gasteiger partial charge >= 0.3 is 0 Å². The first kappa shape index (κ1) is 10.7. The molecule has 0 aliphatic carbocycles. The van der Waals surface area contributed by atoms with E-state index in [0.29, 0.717) is 17.2 Å². The first-order valence-electron chi connectivity index (χ1n) is 3.97. The number of carbonyl (C=O) groups excluding carboxylic acids is 1. The summed E-state index contributed by atoms with van der Waals surface area (Å²) < 4.78 is 18.1. The van der Waals surface area contributed by atoms with Gasteiger partial charge < -0.3 is 10.5 Å². The Balaban J connectivity index is 2.96. The maximum Gasteiger partial charge on any atom is 0.261 e. The fourth-order valence-corrected chi connectivity index (χ4v) is 1.73. The summed E-state index contributed by atoms with van der Waals surface area (Å²) in [4.78, 5) is 11.1. The molecule has 0 aromatic carbocycles. The molecule has 76 valence electrons. The molecule has 0 unspecified atom stereocenters. The van der Waals surface area contributed by atoms with Crippen LogP contribution in [0.1, 0.15) is 21.5 Å². The number of thiophene rings is 1. The van der Waals surface area contributed by atoms with Crippen LogP contribution in [0, 0.1) is 5.82 Å². The van der Waals surface area contributed by atoms with Crippen molar-refractivity contribution in [3.63, 3.8) is 0 Å².